The molecule has 1 fully saturated rings. The number of alkyl halides is 3. The van der Waals surface area contributed by atoms with Crippen LogP contribution in [0, 0.1) is 0 Å². The number of hydrogen-bond donors (Lipinski definition) is 2. The van der Waals surface area contributed by atoms with Crippen LogP contribution in [0.5, 0.6) is 0 Å². The zero-order valence-corrected chi connectivity index (χ0v) is 8.20. The smallest absolute Gasteiger partial charge is 0.308 e. The Balaban J connectivity index is 2.11. The van der Waals surface area contributed by atoms with Gasteiger partial charge < -0.3 is 10.6 Å². The van der Waals surface area contributed by atoms with Crippen LogP contribution < -0.4 is 10.6 Å². The highest BCUT2D eigenvalue weighted by Gasteiger charge is 2.25. The maximum Gasteiger partial charge on any atom is 0.308 e. The van der Waals surface area contributed by atoms with Crippen molar-refractivity contribution in [3.8, 4) is 0 Å². The summed E-state index contributed by atoms with van der Waals surface area (Å²) in [5.74, 6) is 0. The maximum absolute atomic E-state index is 12.3. The molecule has 1 heterocycles. The molecule has 11 heavy (non-hydrogen) atoms. The zero-order chi connectivity index (χ0) is 8.32. The lowest BCUT2D eigenvalue weighted by molar-refractivity contribution is 0.122. The molecule has 0 spiro atoms. The molecule has 1 aliphatic heterocycles. The highest BCUT2D eigenvalue weighted by Crippen LogP contribution is 2.20. The van der Waals surface area contributed by atoms with Crippen LogP contribution in [0.1, 0.15) is 6.42 Å². The quantitative estimate of drug-likeness (QED) is 0.593. The first-order valence-electron chi connectivity index (χ1n) is 3.59. The Labute approximate surface area is 78.3 Å². The van der Waals surface area contributed by atoms with Crippen LogP contribution in [0.2, 0.25) is 0 Å². The van der Waals surface area contributed by atoms with Gasteiger partial charge in [-0.25, -0.2) is 0 Å². The van der Waals surface area contributed by atoms with E-state index in [1.54, 1.807) is 0 Å². The predicted octanol–water partition coefficient (Wildman–Crippen LogP) is 0.966. The van der Waals surface area contributed by atoms with E-state index in [1.165, 1.54) is 0 Å². The fourth-order valence-corrected chi connectivity index (χ4v) is 1.31. The van der Waals surface area contributed by atoms with E-state index in [1.807, 2.05) is 0 Å². The number of hydrogen-bond acceptors (Lipinski definition) is 2. The lowest BCUT2D eigenvalue weighted by atomic mass is 10.3. The van der Waals surface area contributed by atoms with Gasteiger partial charge in [0.15, 0.2) is 0 Å². The van der Waals surface area contributed by atoms with Crippen molar-refractivity contribution in [2.45, 2.75) is 16.4 Å². The average molecular weight is 276 g/mol. The van der Waals surface area contributed by atoms with Crippen LogP contribution in [-0.2, 0) is 0 Å². The molecule has 0 bridgehead atoms. The number of halogens is 3. The van der Waals surface area contributed by atoms with Gasteiger partial charge in [-0.05, 0) is 13.0 Å². The van der Waals surface area contributed by atoms with Crippen LogP contribution in [-0.4, -0.2) is 29.6 Å². The average Bonchev–Trinajstić information content (AvgIpc) is 2.32. The van der Waals surface area contributed by atoms with E-state index in [4.69, 9.17) is 0 Å². The first kappa shape index (κ1) is 9.60. The Kier molecular flexibility index (Phi) is 3.45. The van der Waals surface area contributed by atoms with Crippen molar-refractivity contribution >= 4 is 22.6 Å². The predicted molar refractivity (Wildman–Crippen MR) is 48.2 cm³/mol. The van der Waals surface area contributed by atoms with Crippen LogP contribution in [0.25, 0.3) is 0 Å². The second-order valence-corrected chi connectivity index (χ2v) is 4.26. The standard InChI is InChI=1S/C6H11F2IN2/c7-6(8,9)4-11-5-1-2-10-3-5/h5,10-11H,1-4H2. The van der Waals surface area contributed by atoms with Crippen LogP contribution in [0.3, 0.4) is 0 Å². The molecule has 5 heteroatoms. The molecule has 1 unspecified atom stereocenters. The van der Waals surface area contributed by atoms with Crippen LogP contribution in [0.15, 0.2) is 0 Å². The Morgan fingerprint density at radius 2 is 2.36 bits per heavy atom. The Bertz CT molecular complexity index is 120. The molecule has 0 aromatic carbocycles. The summed E-state index contributed by atoms with van der Waals surface area (Å²) in [4.78, 5) is 0. The fraction of sp³-hybridized carbons (Fsp3) is 1.00. The van der Waals surface area contributed by atoms with Gasteiger partial charge in [-0.3, -0.25) is 0 Å². The summed E-state index contributed by atoms with van der Waals surface area (Å²) < 4.78 is 21.9. The maximum atomic E-state index is 12.3. The molecule has 0 aromatic rings. The van der Waals surface area contributed by atoms with Gasteiger partial charge in [0.1, 0.15) is 0 Å². The molecule has 1 rings (SSSR count). The van der Waals surface area contributed by atoms with Gasteiger partial charge in [-0.15, -0.1) is 0 Å². The summed E-state index contributed by atoms with van der Waals surface area (Å²) in [5.41, 5.74) is 0. The topological polar surface area (TPSA) is 24.1 Å². The minimum atomic E-state index is -2.61. The largest absolute Gasteiger partial charge is 0.315 e. The Morgan fingerprint density at radius 1 is 1.64 bits per heavy atom. The van der Waals surface area contributed by atoms with Crippen molar-refractivity contribution in [2.24, 2.45) is 0 Å². The normalized spacial score (nSPS) is 25.9. The second-order valence-electron chi connectivity index (χ2n) is 2.69. The summed E-state index contributed by atoms with van der Waals surface area (Å²) in [6.45, 7) is 1.52. The third-order valence-corrected chi connectivity index (χ3v) is 2.03. The van der Waals surface area contributed by atoms with Gasteiger partial charge in [0.25, 0.3) is 0 Å². The van der Waals surface area contributed by atoms with E-state index >= 15 is 0 Å². The molecule has 1 saturated heterocycles. The lowest BCUT2D eigenvalue weighted by Crippen LogP contribution is -2.37. The van der Waals surface area contributed by atoms with E-state index in [0.29, 0.717) is 0 Å². The van der Waals surface area contributed by atoms with Crippen molar-refractivity contribution in [1.29, 1.82) is 0 Å². The highest BCUT2D eigenvalue weighted by atomic mass is 127. The summed E-state index contributed by atoms with van der Waals surface area (Å²) in [6.07, 6.45) is 0.951. The lowest BCUT2D eigenvalue weighted by Gasteiger charge is -2.14. The van der Waals surface area contributed by atoms with Gasteiger partial charge in [-0.2, -0.15) is 8.78 Å². The third-order valence-electron chi connectivity index (χ3n) is 1.65. The SMILES string of the molecule is FC(F)(I)CNC1CCNC1. The third kappa shape index (κ3) is 4.17. The fourth-order valence-electron chi connectivity index (χ4n) is 1.09. The van der Waals surface area contributed by atoms with Crippen molar-refractivity contribution in [3.05, 3.63) is 0 Å². The monoisotopic (exact) mass is 276 g/mol. The molecule has 0 radical (unpaired) electrons. The molecule has 2 nitrogen and oxygen atoms in total. The molecule has 2 N–H and O–H groups in total. The summed E-state index contributed by atoms with van der Waals surface area (Å²) in [5, 5.41) is 5.90. The molecule has 1 atom stereocenters. The summed E-state index contributed by atoms with van der Waals surface area (Å²) >= 11 is 1.15. The molecular weight excluding hydrogens is 265 g/mol. The minimum Gasteiger partial charge on any atom is -0.315 e. The van der Waals surface area contributed by atoms with Crippen molar-refractivity contribution in [3.63, 3.8) is 0 Å². The molecule has 66 valence electrons. The van der Waals surface area contributed by atoms with Crippen molar-refractivity contribution < 1.29 is 8.78 Å². The number of rotatable bonds is 3. The molecule has 1 aliphatic rings. The van der Waals surface area contributed by atoms with Crippen LogP contribution in [0.4, 0.5) is 8.78 Å². The minimum absolute atomic E-state index is 0.222. The van der Waals surface area contributed by atoms with E-state index in [-0.39, 0.29) is 12.6 Å². The van der Waals surface area contributed by atoms with Gasteiger partial charge in [0, 0.05) is 35.2 Å². The molecule has 0 saturated carbocycles. The molecule has 0 aliphatic carbocycles. The van der Waals surface area contributed by atoms with Gasteiger partial charge in [-0.1, -0.05) is 0 Å². The van der Waals surface area contributed by atoms with Crippen molar-refractivity contribution in [1.82, 2.24) is 10.6 Å². The second kappa shape index (κ2) is 3.95. The van der Waals surface area contributed by atoms with Crippen LogP contribution >= 0.6 is 22.6 Å². The van der Waals surface area contributed by atoms with E-state index in [9.17, 15) is 8.78 Å². The molecular formula is C6H11F2IN2. The first-order chi connectivity index (χ1) is 5.08. The zero-order valence-electron chi connectivity index (χ0n) is 6.04. The van der Waals surface area contributed by atoms with E-state index < -0.39 is 3.93 Å². The molecule has 0 aromatic heterocycles. The Morgan fingerprint density at radius 3 is 2.82 bits per heavy atom. The van der Waals surface area contributed by atoms with E-state index in [2.05, 4.69) is 10.6 Å². The highest BCUT2D eigenvalue weighted by molar-refractivity contribution is 14.1. The molecule has 0 amide bonds. The van der Waals surface area contributed by atoms with Crippen molar-refractivity contribution in [2.75, 3.05) is 19.6 Å². The van der Waals surface area contributed by atoms with Gasteiger partial charge in [0.2, 0.25) is 0 Å². The summed E-state index contributed by atoms with van der Waals surface area (Å²) in [7, 11) is 0. The van der Waals surface area contributed by atoms with E-state index in [0.717, 1.165) is 42.1 Å². The Hall–Kier alpha value is 0.510. The first-order valence-corrected chi connectivity index (χ1v) is 4.67. The van der Waals surface area contributed by atoms with Gasteiger partial charge in [0.05, 0.1) is 6.54 Å². The summed E-state index contributed by atoms with van der Waals surface area (Å²) in [6, 6.07) is 0.232. The van der Waals surface area contributed by atoms with Gasteiger partial charge >= 0.3 is 3.93 Å². The number of nitrogens with one attached hydrogen (secondary N) is 2.